The van der Waals surface area contributed by atoms with Crippen LogP contribution in [0.3, 0.4) is 0 Å². The number of halogens is 3. The second kappa shape index (κ2) is 22.5. The molecule has 0 unspecified atom stereocenters. The van der Waals surface area contributed by atoms with Crippen LogP contribution in [0.25, 0.3) is 44.3 Å². The molecule has 2 fully saturated rings. The minimum atomic E-state index is -0.216. The summed E-state index contributed by atoms with van der Waals surface area (Å²) < 4.78 is 14.6. The van der Waals surface area contributed by atoms with Crippen molar-refractivity contribution in [3.8, 4) is 22.3 Å². The van der Waals surface area contributed by atoms with Gasteiger partial charge in [-0.15, -0.1) is 0 Å². The van der Waals surface area contributed by atoms with Gasteiger partial charge < -0.3 is 28.8 Å². The highest BCUT2D eigenvalue weighted by atomic mass is 79.9. The number of aryl methyl sites for hydroxylation is 2. The molecule has 4 aromatic heterocycles. The molecule has 332 valence electrons. The number of hydrogen-bond acceptors (Lipinski definition) is 8. The zero-order valence-electron chi connectivity index (χ0n) is 34.9. The first-order valence-corrected chi connectivity index (χ1v) is 22.1. The zero-order chi connectivity index (χ0) is 43.6. The average molecular weight is 955 g/mol. The Kier molecular flexibility index (Phi) is 17.5. The first-order valence-electron chi connectivity index (χ1n) is 20.2. The number of H-pyrrole nitrogens is 1. The van der Waals surface area contributed by atoms with E-state index >= 15 is 0 Å². The van der Waals surface area contributed by atoms with Crippen LogP contribution in [0.15, 0.2) is 71.0 Å². The summed E-state index contributed by atoms with van der Waals surface area (Å²) in [4.78, 5) is 66.9. The molecule has 2 aromatic carbocycles. The SMILES string of the molecule is C.COCCBr.COCCn1cc(-c2ccc(Cl)c(C)c2)c2c(=O)n(CC(=O)N3CCCC3)cnc21.Cc1cc(-c2c[nH]c3ncn(CC(=O)N4CCCC4)c(=O)c23)ccc1Cl. The van der Waals surface area contributed by atoms with Gasteiger partial charge in [-0.05, 0) is 86.1 Å². The number of alkyl halides is 1. The largest absolute Gasteiger partial charge is 0.384 e. The number of ether oxygens (including phenoxy) is 2. The van der Waals surface area contributed by atoms with E-state index in [0.29, 0.717) is 45.3 Å². The number of carbonyl (C=O) groups excluding carboxylic acids is 2. The summed E-state index contributed by atoms with van der Waals surface area (Å²) in [7, 11) is 3.32. The third-order valence-electron chi connectivity index (χ3n) is 10.8. The molecule has 0 bridgehead atoms. The van der Waals surface area contributed by atoms with E-state index < -0.39 is 0 Å². The Morgan fingerprint density at radius 1 is 0.726 bits per heavy atom. The van der Waals surface area contributed by atoms with Crippen molar-refractivity contribution >= 4 is 73.0 Å². The highest BCUT2D eigenvalue weighted by Gasteiger charge is 2.23. The highest BCUT2D eigenvalue weighted by molar-refractivity contribution is 9.09. The van der Waals surface area contributed by atoms with Gasteiger partial charge in [-0.3, -0.25) is 28.3 Å². The molecule has 17 heteroatoms. The number of aromatic nitrogens is 6. The Labute approximate surface area is 379 Å². The summed E-state index contributed by atoms with van der Waals surface area (Å²) in [5.74, 6) is -0.0800. The zero-order valence-corrected chi connectivity index (χ0v) is 38.0. The van der Waals surface area contributed by atoms with Gasteiger partial charge in [0, 0.05) is 85.8 Å². The molecular formula is C45H55BrCl2N8O6. The van der Waals surface area contributed by atoms with Gasteiger partial charge in [0.1, 0.15) is 37.0 Å². The Morgan fingerprint density at radius 2 is 1.23 bits per heavy atom. The minimum Gasteiger partial charge on any atom is -0.384 e. The van der Waals surface area contributed by atoms with Gasteiger partial charge in [-0.1, -0.05) is 58.7 Å². The van der Waals surface area contributed by atoms with Crippen molar-refractivity contribution in [1.82, 2.24) is 38.5 Å². The summed E-state index contributed by atoms with van der Waals surface area (Å²) in [6.07, 6.45) is 10.7. The molecule has 0 spiro atoms. The smallest absolute Gasteiger partial charge is 0.263 e. The number of likely N-dealkylation sites (tertiary alicyclic amines) is 2. The van der Waals surface area contributed by atoms with Crippen molar-refractivity contribution in [1.29, 1.82) is 0 Å². The van der Waals surface area contributed by atoms with Crippen molar-refractivity contribution in [2.45, 2.75) is 66.6 Å². The van der Waals surface area contributed by atoms with Crippen LogP contribution in [0.1, 0.15) is 44.2 Å². The maximum Gasteiger partial charge on any atom is 0.263 e. The molecule has 2 amide bonds. The summed E-state index contributed by atoms with van der Waals surface area (Å²) in [6, 6.07) is 11.3. The second-order valence-electron chi connectivity index (χ2n) is 15.0. The molecule has 0 aliphatic carbocycles. The second-order valence-corrected chi connectivity index (χ2v) is 16.6. The van der Waals surface area contributed by atoms with E-state index in [4.69, 9.17) is 27.9 Å². The van der Waals surface area contributed by atoms with Gasteiger partial charge in [0.15, 0.2) is 0 Å². The number of methoxy groups -OCH3 is 2. The number of nitrogens with zero attached hydrogens (tertiary/aromatic N) is 7. The van der Waals surface area contributed by atoms with Crippen molar-refractivity contribution in [3.63, 3.8) is 0 Å². The molecule has 6 heterocycles. The number of rotatable bonds is 11. The standard InChI is InChI=1S/C22H25ClN4O3.C19H19ClN4O2.C3H7BrO.CH4/c1-15-11-16(5-6-18(15)23)17-12-26(9-10-30-2)21-20(17)22(29)27(14-24-21)13-19(28)25-7-3-4-8-25;1-12-8-13(4-5-15(12)20)14-9-21-18-17(14)19(26)24(11-22-18)10-16(25)23-6-2-3-7-23;1-5-3-2-4;/h5-6,11-12,14H,3-4,7-10,13H2,1-2H3;4-5,8-9,11,21H,2-3,6-7,10H2,1H3;2-3H2,1H3;1H4. The Balaban J connectivity index is 0.000000210. The van der Waals surface area contributed by atoms with Crippen LogP contribution < -0.4 is 11.1 Å². The van der Waals surface area contributed by atoms with Crippen LogP contribution in [0.4, 0.5) is 0 Å². The number of nitrogens with one attached hydrogen (secondary N) is 1. The first kappa shape index (κ1) is 48.2. The number of amides is 2. The number of fused-ring (bicyclic) bond motifs is 2. The fourth-order valence-electron chi connectivity index (χ4n) is 7.43. The van der Waals surface area contributed by atoms with Crippen LogP contribution in [0.5, 0.6) is 0 Å². The molecule has 0 radical (unpaired) electrons. The summed E-state index contributed by atoms with van der Waals surface area (Å²) in [5.41, 5.74) is 5.86. The number of benzene rings is 2. The molecule has 6 aromatic rings. The topological polar surface area (TPSA) is 150 Å². The van der Waals surface area contributed by atoms with Gasteiger partial charge in [-0.2, -0.15) is 0 Å². The lowest BCUT2D eigenvalue weighted by Crippen LogP contribution is -2.34. The van der Waals surface area contributed by atoms with E-state index in [0.717, 1.165) is 97.2 Å². The predicted octanol–water partition coefficient (Wildman–Crippen LogP) is 7.74. The molecule has 62 heavy (non-hydrogen) atoms. The van der Waals surface area contributed by atoms with Crippen LogP contribution in [-0.2, 0) is 38.7 Å². The van der Waals surface area contributed by atoms with Gasteiger partial charge in [0.05, 0.1) is 24.0 Å². The molecule has 1 N–H and O–H groups in total. The number of carbonyl (C=O) groups is 2. The van der Waals surface area contributed by atoms with Crippen molar-refractivity contribution in [2.75, 3.05) is 58.9 Å². The van der Waals surface area contributed by atoms with E-state index in [2.05, 4.69) is 35.6 Å². The van der Waals surface area contributed by atoms with E-state index in [1.165, 1.54) is 21.8 Å². The fraction of sp³-hybridized carbons (Fsp3) is 0.422. The molecule has 2 saturated heterocycles. The first-order chi connectivity index (χ1) is 29.4. The lowest BCUT2D eigenvalue weighted by Gasteiger charge is -2.16. The average Bonchev–Trinajstić information content (AvgIpc) is 4.10. The molecule has 2 aliphatic rings. The molecule has 0 atom stereocenters. The third kappa shape index (κ3) is 11.2. The number of aromatic amines is 1. The van der Waals surface area contributed by atoms with Crippen LogP contribution >= 0.6 is 39.1 Å². The maximum atomic E-state index is 13.4. The highest BCUT2D eigenvalue weighted by Crippen LogP contribution is 2.31. The quantitative estimate of drug-likeness (QED) is 0.130. The van der Waals surface area contributed by atoms with E-state index in [9.17, 15) is 19.2 Å². The molecule has 8 rings (SSSR count). The maximum absolute atomic E-state index is 13.4. The third-order valence-corrected chi connectivity index (χ3v) is 12.0. The van der Waals surface area contributed by atoms with Gasteiger partial charge in [0.25, 0.3) is 11.1 Å². The Bertz CT molecular complexity index is 2610. The normalized spacial score (nSPS) is 13.5. The molecule has 2 aliphatic heterocycles. The van der Waals surface area contributed by atoms with Crippen molar-refractivity contribution in [3.05, 3.63) is 103 Å². The van der Waals surface area contributed by atoms with Crippen LogP contribution in [-0.4, -0.2) is 109 Å². The Hall–Kier alpha value is -4.80. The minimum absolute atomic E-state index is 0. The summed E-state index contributed by atoms with van der Waals surface area (Å²) in [6.45, 7) is 8.80. The monoisotopic (exact) mass is 952 g/mol. The summed E-state index contributed by atoms with van der Waals surface area (Å²) >= 11 is 15.5. The van der Waals surface area contributed by atoms with E-state index in [1.807, 2.05) is 65.9 Å². The molecule has 0 saturated carbocycles. The number of hydrogen-bond donors (Lipinski definition) is 1. The summed E-state index contributed by atoms with van der Waals surface area (Å²) in [5, 5.41) is 3.28. The lowest BCUT2D eigenvalue weighted by molar-refractivity contribution is -0.131. The predicted molar refractivity (Wildman–Crippen MR) is 251 cm³/mol. The lowest BCUT2D eigenvalue weighted by atomic mass is 10.0. The van der Waals surface area contributed by atoms with Crippen LogP contribution in [0, 0.1) is 13.8 Å². The fourth-order valence-corrected chi connectivity index (χ4v) is 7.99. The molecular weight excluding hydrogens is 899 g/mol. The van der Waals surface area contributed by atoms with Gasteiger partial charge >= 0.3 is 0 Å². The molecule has 14 nitrogen and oxygen atoms in total. The Morgan fingerprint density at radius 3 is 1.71 bits per heavy atom. The van der Waals surface area contributed by atoms with Crippen molar-refractivity contribution < 1.29 is 19.1 Å². The van der Waals surface area contributed by atoms with E-state index in [1.54, 1.807) is 25.3 Å². The van der Waals surface area contributed by atoms with Gasteiger partial charge in [0.2, 0.25) is 11.8 Å². The van der Waals surface area contributed by atoms with E-state index in [-0.39, 0.29) is 43.4 Å². The van der Waals surface area contributed by atoms with Gasteiger partial charge in [-0.25, -0.2) is 9.97 Å². The van der Waals surface area contributed by atoms with Crippen LogP contribution in [0.2, 0.25) is 10.0 Å². The van der Waals surface area contributed by atoms with Crippen molar-refractivity contribution in [2.24, 2.45) is 0 Å².